The molecule has 4 rings (SSSR count). The molecule has 2 aromatic heterocycles. The first-order chi connectivity index (χ1) is 14.7. The Morgan fingerprint density at radius 3 is 2.50 bits per heavy atom. The number of nitrogens with zero attached hydrogens (tertiary/aromatic N) is 4. The maximum Gasteiger partial charge on any atom is 0.161 e. The number of aliphatic imine (C=N–C) groups is 1. The molecule has 0 spiro atoms. The minimum Gasteiger partial charge on any atom is -0.493 e. The molecule has 150 valence electrons. The van der Waals surface area contributed by atoms with Crippen molar-refractivity contribution in [1.82, 2.24) is 14.8 Å². The standard InChI is InChI=1S/C23H19ClN4O2/c1-29-20-11-10-16(13-21(20)30-2)22-17(14-26-19-9-6-12-25-23(19)24)15-28(27-22)18-7-4-3-5-8-18/h3-15H,1-2H3/b26-14+. The predicted molar refractivity (Wildman–Crippen MR) is 119 cm³/mol. The molecule has 0 saturated carbocycles. The molecule has 2 heterocycles. The summed E-state index contributed by atoms with van der Waals surface area (Å²) in [6.07, 6.45) is 5.29. The van der Waals surface area contributed by atoms with Gasteiger partial charge in [0.05, 0.1) is 19.9 Å². The van der Waals surface area contributed by atoms with E-state index in [0.717, 1.165) is 22.5 Å². The summed E-state index contributed by atoms with van der Waals surface area (Å²) >= 11 is 6.15. The van der Waals surface area contributed by atoms with Crippen LogP contribution in [0.5, 0.6) is 11.5 Å². The van der Waals surface area contributed by atoms with E-state index in [0.29, 0.717) is 22.3 Å². The summed E-state index contributed by atoms with van der Waals surface area (Å²) in [4.78, 5) is 8.58. The second-order valence-corrected chi connectivity index (χ2v) is 6.71. The number of benzene rings is 2. The third kappa shape index (κ3) is 4.04. The maximum absolute atomic E-state index is 6.15. The highest BCUT2D eigenvalue weighted by Crippen LogP contribution is 2.33. The summed E-state index contributed by atoms with van der Waals surface area (Å²) in [5.74, 6) is 1.28. The van der Waals surface area contributed by atoms with Crippen molar-refractivity contribution in [3.8, 4) is 28.4 Å². The number of pyridine rings is 1. The molecule has 0 bridgehead atoms. The third-order valence-corrected chi connectivity index (χ3v) is 4.79. The van der Waals surface area contributed by atoms with Crippen molar-refractivity contribution in [2.75, 3.05) is 14.2 Å². The molecule has 4 aromatic rings. The van der Waals surface area contributed by atoms with Crippen molar-refractivity contribution in [2.24, 2.45) is 4.99 Å². The third-order valence-electron chi connectivity index (χ3n) is 4.50. The molecule has 0 radical (unpaired) electrons. The lowest BCUT2D eigenvalue weighted by Crippen LogP contribution is -1.95. The topological polar surface area (TPSA) is 61.5 Å². The molecule has 0 saturated heterocycles. The fourth-order valence-electron chi connectivity index (χ4n) is 3.02. The number of para-hydroxylation sites is 1. The molecule has 0 aliphatic heterocycles. The van der Waals surface area contributed by atoms with Gasteiger partial charge in [-0.25, -0.2) is 9.67 Å². The van der Waals surface area contributed by atoms with E-state index in [1.807, 2.05) is 65.5 Å². The van der Waals surface area contributed by atoms with Gasteiger partial charge in [-0.1, -0.05) is 29.8 Å². The van der Waals surface area contributed by atoms with Crippen LogP contribution in [0, 0.1) is 0 Å². The van der Waals surface area contributed by atoms with E-state index < -0.39 is 0 Å². The number of ether oxygens (including phenoxy) is 2. The molecule has 0 aliphatic carbocycles. The summed E-state index contributed by atoms with van der Waals surface area (Å²) in [6.45, 7) is 0. The monoisotopic (exact) mass is 418 g/mol. The fraction of sp³-hybridized carbons (Fsp3) is 0.0870. The zero-order valence-electron chi connectivity index (χ0n) is 16.5. The van der Waals surface area contributed by atoms with Crippen LogP contribution >= 0.6 is 11.6 Å². The normalized spacial score (nSPS) is 11.0. The number of methoxy groups -OCH3 is 2. The minimum atomic E-state index is 0.344. The van der Waals surface area contributed by atoms with Crippen molar-refractivity contribution >= 4 is 23.5 Å². The fourth-order valence-corrected chi connectivity index (χ4v) is 3.18. The average Bonchev–Trinajstić information content (AvgIpc) is 3.23. The lowest BCUT2D eigenvalue weighted by atomic mass is 10.1. The molecule has 0 atom stereocenters. The molecular formula is C23H19ClN4O2. The zero-order valence-corrected chi connectivity index (χ0v) is 17.2. The van der Waals surface area contributed by atoms with E-state index in [1.54, 1.807) is 32.7 Å². The van der Waals surface area contributed by atoms with Crippen LogP contribution in [-0.4, -0.2) is 35.2 Å². The van der Waals surface area contributed by atoms with E-state index in [-0.39, 0.29) is 0 Å². The summed E-state index contributed by atoms with van der Waals surface area (Å²) < 4.78 is 12.6. The summed E-state index contributed by atoms with van der Waals surface area (Å²) in [6, 6.07) is 19.2. The first-order valence-corrected chi connectivity index (χ1v) is 9.59. The largest absolute Gasteiger partial charge is 0.493 e. The lowest BCUT2D eigenvalue weighted by molar-refractivity contribution is 0.355. The SMILES string of the molecule is COc1ccc(-c2nn(-c3ccccc3)cc2/C=N/c2cccnc2Cl)cc1OC. The van der Waals surface area contributed by atoms with Crippen LogP contribution < -0.4 is 9.47 Å². The molecule has 0 fully saturated rings. The van der Waals surface area contributed by atoms with E-state index in [4.69, 9.17) is 26.2 Å². The van der Waals surface area contributed by atoms with Gasteiger partial charge < -0.3 is 9.47 Å². The highest BCUT2D eigenvalue weighted by molar-refractivity contribution is 6.31. The Morgan fingerprint density at radius 2 is 1.77 bits per heavy atom. The average molecular weight is 419 g/mol. The molecule has 0 unspecified atom stereocenters. The Morgan fingerprint density at radius 1 is 0.967 bits per heavy atom. The van der Waals surface area contributed by atoms with Gasteiger partial charge in [-0.15, -0.1) is 0 Å². The van der Waals surface area contributed by atoms with Crippen molar-refractivity contribution in [3.05, 3.63) is 83.8 Å². The van der Waals surface area contributed by atoms with Crippen LogP contribution in [0.25, 0.3) is 16.9 Å². The Labute approximate surface area is 179 Å². The lowest BCUT2D eigenvalue weighted by Gasteiger charge is -2.09. The van der Waals surface area contributed by atoms with E-state index >= 15 is 0 Å². The van der Waals surface area contributed by atoms with Gasteiger partial charge in [0.25, 0.3) is 0 Å². The first kappa shape index (κ1) is 19.7. The molecular weight excluding hydrogens is 400 g/mol. The van der Waals surface area contributed by atoms with Crippen LogP contribution in [0.3, 0.4) is 0 Å². The smallest absolute Gasteiger partial charge is 0.161 e. The van der Waals surface area contributed by atoms with Crippen LogP contribution in [0.2, 0.25) is 5.15 Å². The molecule has 30 heavy (non-hydrogen) atoms. The summed E-state index contributed by atoms with van der Waals surface area (Å²) in [5.41, 5.74) is 3.99. The number of hydrogen-bond donors (Lipinski definition) is 0. The molecule has 7 heteroatoms. The number of aromatic nitrogens is 3. The van der Waals surface area contributed by atoms with Gasteiger partial charge in [-0.2, -0.15) is 5.10 Å². The molecule has 0 N–H and O–H groups in total. The van der Waals surface area contributed by atoms with Crippen LogP contribution in [-0.2, 0) is 0 Å². The highest BCUT2D eigenvalue weighted by Gasteiger charge is 2.14. The van der Waals surface area contributed by atoms with Gasteiger partial charge in [0, 0.05) is 29.7 Å². The molecule has 0 aliphatic rings. The Bertz CT molecular complexity index is 1190. The van der Waals surface area contributed by atoms with Crippen molar-refractivity contribution in [2.45, 2.75) is 0 Å². The first-order valence-electron chi connectivity index (χ1n) is 9.21. The maximum atomic E-state index is 6.15. The second-order valence-electron chi connectivity index (χ2n) is 6.35. The van der Waals surface area contributed by atoms with E-state index in [2.05, 4.69) is 9.98 Å². The van der Waals surface area contributed by atoms with Crippen molar-refractivity contribution in [1.29, 1.82) is 0 Å². The quantitative estimate of drug-likeness (QED) is 0.312. The molecule has 6 nitrogen and oxygen atoms in total. The molecule has 0 amide bonds. The van der Waals surface area contributed by atoms with Gasteiger partial charge in [0.15, 0.2) is 16.7 Å². The highest BCUT2D eigenvalue weighted by atomic mass is 35.5. The minimum absolute atomic E-state index is 0.344. The predicted octanol–water partition coefficient (Wildman–Crippen LogP) is 5.36. The van der Waals surface area contributed by atoms with Gasteiger partial charge in [-0.05, 0) is 42.5 Å². The number of rotatable bonds is 6. The van der Waals surface area contributed by atoms with Gasteiger partial charge in [-0.3, -0.25) is 4.99 Å². The van der Waals surface area contributed by atoms with Crippen LogP contribution in [0.4, 0.5) is 5.69 Å². The van der Waals surface area contributed by atoms with E-state index in [1.165, 1.54) is 0 Å². The zero-order chi connectivity index (χ0) is 20.9. The summed E-state index contributed by atoms with van der Waals surface area (Å²) in [7, 11) is 3.22. The van der Waals surface area contributed by atoms with Crippen molar-refractivity contribution < 1.29 is 9.47 Å². The second kappa shape index (κ2) is 8.80. The Kier molecular flexibility index (Phi) is 5.77. The van der Waals surface area contributed by atoms with Crippen LogP contribution in [0.15, 0.2) is 78.0 Å². The van der Waals surface area contributed by atoms with Gasteiger partial charge >= 0.3 is 0 Å². The Hall–Kier alpha value is -3.64. The molecule has 2 aromatic carbocycles. The number of halogens is 1. The Balaban J connectivity index is 1.82. The number of hydrogen-bond acceptors (Lipinski definition) is 5. The van der Waals surface area contributed by atoms with Gasteiger partial charge in [0.2, 0.25) is 0 Å². The summed E-state index contributed by atoms with van der Waals surface area (Å²) in [5, 5.41) is 5.14. The van der Waals surface area contributed by atoms with E-state index in [9.17, 15) is 0 Å². The van der Waals surface area contributed by atoms with Crippen molar-refractivity contribution in [3.63, 3.8) is 0 Å². The van der Waals surface area contributed by atoms with Crippen LogP contribution in [0.1, 0.15) is 5.56 Å². The van der Waals surface area contributed by atoms with Gasteiger partial charge in [0.1, 0.15) is 11.4 Å².